The van der Waals surface area contributed by atoms with E-state index in [1.54, 1.807) is 6.07 Å². The Morgan fingerprint density at radius 3 is 2.74 bits per heavy atom. The molecule has 1 N–H and O–H groups in total. The maximum absolute atomic E-state index is 13.9. The molecule has 3 aromatic heterocycles. The minimum atomic E-state index is -0.388. The van der Waals surface area contributed by atoms with E-state index in [9.17, 15) is 9.59 Å². The molecule has 5 aromatic rings. The van der Waals surface area contributed by atoms with Gasteiger partial charge in [-0.25, -0.2) is 9.78 Å². The zero-order chi connectivity index (χ0) is 24.1. The van der Waals surface area contributed by atoms with Gasteiger partial charge in [-0.2, -0.15) is 0 Å². The standard InChI is InChI=1S/C27H22N4O4/c1-15-24-19(13-23(29-25(24)35-30-15)16-6-4-3-5-7-16)26(32)31-11-10-22-20(14-31)18-12-17(27(33)34-2)8-9-21(18)28-22/h3-9,12-13,28H,10-11,14H2,1-2H3. The number of rotatable bonds is 3. The van der Waals surface area contributed by atoms with Crippen LogP contribution in [0.2, 0.25) is 0 Å². The van der Waals surface area contributed by atoms with E-state index in [2.05, 4.69) is 15.1 Å². The Hall–Kier alpha value is -4.46. The molecule has 0 radical (unpaired) electrons. The molecule has 0 saturated carbocycles. The van der Waals surface area contributed by atoms with Crippen molar-refractivity contribution < 1.29 is 18.8 Å². The van der Waals surface area contributed by atoms with Crippen molar-refractivity contribution in [3.05, 3.63) is 82.7 Å². The van der Waals surface area contributed by atoms with Crippen LogP contribution in [-0.4, -0.2) is 45.6 Å². The molecule has 0 fully saturated rings. The predicted molar refractivity (Wildman–Crippen MR) is 130 cm³/mol. The molecule has 35 heavy (non-hydrogen) atoms. The number of pyridine rings is 1. The third-order valence-electron chi connectivity index (χ3n) is 6.60. The number of benzene rings is 2. The van der Waals surface area contributed by atoms with E-state index in [0.717, 1.165) is 27.7 Å². The molecule has 8 heteroatoms. The van der Waals surface area contributed by atoms with Crippen LogP contribution >= 0.6 is 0 Å². The summed E-state index contributed by atoms with van der Waals surface area (Å²) < 4.78 is 10.3. The Labute approximate surface area is 200 Å². The van der Waals surface area contributed by atoms with Gasteiger partial charge in [0.05, 0.1) is 35.0 Å². The lowest BCUT2D eigenvalue weighted by Crippen LogP contribution is -2.36. The molecule has 0 aliphatic carbocycles. The summed E-state index contributed by atoms with van der Waals surface area (Å²) in [5.41, 5.74) is 6.56. The number of aryl methyl sites for hydroxylation is 1. The molecule has 1 aliphatic heterocycles. The van der Waals surface area contributed by atoms with Gasteiger partial charge >= 0.3 is 5.97 Å². The summed E-state index contributed by atoms with van der Waals surface area (Å²) in [6, 6.07) is 17.0. The van der Waals surface area contributed by atoms with E-state index >= 15 is 0 Å². The minimum absolute atomic E-state index is 0.106. The largest absolute Gasteiger partial charge is 0.465 e. The lowest BCUT2D eigenvalue weighted by Gasteiger charge is -2.27. The van der Waals surface area contributed by atoms with Crippen LogP contribution < -0.4 is 0 Å². The molecule has 0 bridgehead atoms. The van der Waals surface area contributed by atoms with E-state index < -0.39 is 0 Å². The highest BCUT2D eigenvalue weighted by molar-refractivity contribution is 6.07. The first-order valence-electron chi connectivity index (χ1n) is 11.4. The monoisotopic (exact) mass is 466 g/mol. The SMILES string of the molecule is COC(=O)c1ccc2[nH]c3c(c2c1)CN(C(=O)c1cc(-c2ccccc2)nc2onc(C)c12)CC3. The van der Waals surface area contributed by atoms with Crippen molar-refractivity contribution in [1.29, 1.82) is 0 Å². The van der Waals surface area contributed by atoms with Gasteiger partial charge in [0.15, 0.2) is 0 Å². The van der Waals surface area contributed by atoms with Crippen LogP contribution in [0.25, 0.3) is 33.3 Å². The Morgan fingerprint density at radius 2 is 1.94 bits per heavy atom. The fraction of sp³-hybridized carbons (Fsp3) is 0.185. The third-order valence-corrected chi connectivity index (χ3v) is 6.60. The normalized spacial score (nSPS) is 13.3. The van der Waals surface area contributed by atoms with Crippen molar-refractivity contribution in [3.63, 3.8) is 0 Å². The lowest BCUT2D eigenvalue weighted by molar-refractivity contribution is 0.0600. The number of carbonyl (C=O) groups excluding carboxylic acids is 2. The second kappa shape index (κ2) is 8.09. The number of fused-ring (bicyclic) bond motifs is 4. The summed E-state index contributed by atoms with van der Waals surface area (Å²) in [6.45, 7) is 2.81. The summed E-state index contributed by atoms with van der Waals surface area (Å²) in [6.07, 6.45) is 0.686. The second-order valence-electron chi connectivity index (χ2n) is 8.68. The molecule has 0 spiro atoms. The van der Waals surface area contributed by atoms with Crippen LogP contribution in [0.3, 0.4) is 0 Å². The van der Waals surface area contributed by atoms with Gasteiger partial charge in [0.25, 0.3) is 11.6 Å². The highest BCUT2D eigenvalue weighted by Crippen LogP contribution is 2.32. The molecule has 2 aromatic carbocycles. The number of nitrogens with zero attached hydrogens (tertiary/aromatic N) is 3. The van der Waals surface area contributed by atoms with Crippen molar-refractivity contribution in [1.82, 2.24) is 20.0 Å². The van der Waals surface area contributed by atoms with Crippen LogP contribution in [0.4, 0.5) is 0 Å². The fourth-order valence-corrected chi connectivity index (χ4v) is 4.82. The van der Waals surface area contributed by atoms with E-state index in [4.69, 9.17) is 9.26 Å². The number of hydrogen-bond acceptors (Lipinski definition) is 6. The van der Waals surface area contributed by atoms with Crippen LogP contribution in [0.15, 0.2) is 59.1 Å². The molecule has 6 rings (SSSR count). The van der Waals surface area contributed by atoms with Gasteiger partial charge in [0.2, 0.25) is 0 Å². The Morgan fingerprint density at radius 1 is 1.11 bits per heavy atom. The van der Waals surface area contributed by atoms with Crippen LogP contribution in [-0.2, 0) is 17.7 Å². The van der Waals surface area contributed by atoms with E-state index in [0.29, 0.717) is 53.1 Å². The molecular weight excluding hydrogens is 444 g/mol. The molecule has 0 atom stereocenters. The van der Waals surface area contributed by atoms with Gasteiger partial charge in [-0.3, -0.25) is 4.79 Å². The van der Waals surface area contributed by atoms with E-state index in [1.807, 2.05) is 60.4 Å². The Kier molecular flexibility index (Phi) is 4.88. The van der Waals surface area contributed by atoms with Crippen LogP contribution in [0.5, 0.6) is 0 Å². The number of carbonyl (C=O) groups is 2. The maximum Gasteiger partial charge on any atom is 0.337 e. The summed E-state index contributed by atoms with van der Waals surface area (Å²) in [4.78, 5) is 35.8. The van der Waals surface area contributed by atoms with Crippen LogP contribution in [0, 0.1) is 6.92 Å². The number of aromatic amines is 1. The lowest BCUT2D eigenvalue weighted by atomic mass is 10.0. The number of hydrogen-bond donors (Lipinski definition) is 1. The highest BCUT2D eigenvalue weighted by Gasteiger charge is 2.28. The summed E-state index contributed by atoms with van der Waals surface area (Å²) in [5.74, 6) is -0.494. The summed E-state index contributed by atoms with van der Waals surface area (Å²) in [5, 5.41) is 5.62. The molecule has 174 valence electrons. The molecule has 0 saturated heterocycles. The number of aromatic nitrogens is 3. The first kappa shape index (κ1) is 21.1. The van der Waals surface area contributed by atoms with Crippen molar-refractivity contribution in [2.75, 3.05) is 13.7 Å². The van der Waals surface area contributed by atoms with Gasteiger partial charge in [0, 0.05) is 47.2 Å². The number of esters is 1. The molecule has 1 aliphatic rings. The first-order valence-corrected chi connectivity index (χ1v) is 11.4. The molecule has 8 nitrogen and oxygen atoms in total. The average molecular weight is 466 g/mol. The molecular formula is C27H22N4O4. The Bertz CT molecular complexity index is 1620. The van der Waals surface area contributed by atoms with Gasteiger partial charge in [-0.15, -0.1) is 0 Å². The number of amides is 1. The quantitative estimate of drug-likeness (QED) is 0.388. The first-order chi connectivity index (χ1) is 17.0. The van der Waals surface area contributed by atoms with E-state index in [-0.39, 0.29) is 11.9 Å². The zero-order valence-corrected chi connectivity index (χ0v) is 19.3. The van der Waals surface area contributed by atoms with Crippen molar-refractivity contribution >= 4 is 33.9 Å². The Balaban J connectivity index is 1.41. The highest BCUT2D eigenvalue weighted by atomic mass is 16.5. The fourth-order valence-electron chi connectivity index (χ4n) is 4.82. The van der Waals surface area contributed by atoms with Crippen molar-refractivity contribution in [2.24, 2.45) is 0 Å². The van der Waals surface area contributed by atoms with Gasteiger partial charge < -0.3 is 19.1 Å². The average Bonchev–Trinajstić information content (AvgIpc) is 3.47. The maximum atomic E-state index is 13.9. The summed E-state index contributed by atoms with van der Waals surface area (Å²) >= 11 is 0. The second-order valence-corrected chi connectivity index (χ2v) is 8.68. The number of ether oxygens (including phenoxy) is 1. The third kappa shape index (κ3) is 3.45. The topological polar surface area (TPSA) is 101 Å². The van der Waals surface area contributed by atoms with E-state index in [1.165, 1.54) is 7.11 Å². The number of H-pyrrole nitrogens is 1. The van der Waals surface area contributed by atoms with Crippen LogP contribution in [0.1, 0.15) is 37.7 Å². The van der Waals surface area contributed by atoms with Gasteiger partial charge in [0.1, 0.15) is 0 Å². The molecule has 0 unspecified atom stereocenters. The number of nitrogens with one attached hydrogen (secondary N) is 1. The summed E-state index contributed by atoms with van der Waals surface area (Å²) in [7, 11) is 1.37. The van der Waals surface area contributed by atoms with Crippen molar-refractivity contribution in [3.8, 4) is 11.3 Å². The number of methoxy groups -OCH3 is 1. The van der Waals surface area contributed by atoms with Gasteiger partial charge in [-0.1, -0.05) is 35.5 Å². The van der Waals surface area contributed by atoms with Crippen molar-refractivity contribution in [2.45, 2.75) is 19.9 Å². The smallest absolute Gasteiger partial charge is 0.337 e. The molecule has 4 heterocycles. The predicted octanol–water partition coefficient (Wildman–Crippen LogP) is 4.66. The van der Waals surface area contributed by atoms with Gasteiger partial charge in [-0.05, 0) is 31.2 Å². The minimum Gasteiger partial charge on any atom is -0.465 e. The zero-order valence-electron chi connectivity index (χ0n) is 19.3. The molecule has 1 amide bonds.